The lowest BCUT2D eigenvalue weighted by Gasteiger charge is -2.26. The third-order valence-electron chi connectivity index (χ3n) is 5.32. The van der Waals surface area contributed by atoms with E-state index in [0.717, 1.165) is 37.6 Å². The van der Waals surface area contributed by atoms with Crippen molar-refractivity contribution in [3.63, 3.8) is 0 Å². The zero-order valence-electron chi connectivity index (χ0n) is 23.5. The van der Waals surface area contributed by atoms with Crippen LogP contribution in [0.25, 0.3) is 16.3 Å². The molecule has 0 heterocycles. The van der Waals surface area contributed by atoms with E-state index in [0.29, 0.717) is 12.4 Å². The number of carbonyl (C=O) groups excluding carboxylic acids is 2. The second-order valence-corrected chi connectivity index (χ2v) is 11.5. The van der Waals surface area contributed by atoms with Crippen LogP contribution in [0.4, 0.5) is 9.59 Å². The van der Waals surface area contributed by atoms with Crippen molar-refractivity contribution in [3.8, 4) is 5.75 Å². The standard InChI is InChI=1S/C31H36ClNO6/c1-21(16-17-33(28(34)37-30(2,3)4)39-29(35)38-31(5,6)7)23-10-8-12-25(19-23)36-20-22-14-15-26-24(18-22)11-9-13-27(26)32/h8-16,18-19H,17,20H2,1-7H3/b21-16+. The van der Waals surface area contributed by atoms with E-state index in [1.54, 1.807) is 47.6 Å². The molecule has 0 unspecified atom stereocenters. The van der Waals surface area contributed by atoms with Gasteiger partial charge in [-0.3, -0.25) is 4.84 Å². The van der Waals surface area contributed by atoms with Crippen LogP contribution >= 0.6 is 11.6 Å². The van der Waals surface area contributed by atoms with Gasteiger partial charge in [0.15, 0.2) is 0 Å². The first-order valence-electron chi connectivity index (χ1n) is 12.7. The van der Waals surface area contributed by atoms with E-state index < -0.39 is 23.5 Å². The molecular formula is C31H36ClNO6. The van der Waals surface area contributed by atoms with Crippen LogP contribution in [0.1, 0.15) is 59.6 Å². The first-order chi connectivity index (χ1) is 18.2. The molecule has 7 nitrogen and oxygen atoms in total. The highest BCUT2D eigenvalue weighted by molar-refractivity contribution is 6.35. The van der Waals surface area contributed by atoms with E-state index in [-0.39, 0.29) is 6.54 Å². The number of halogens is 1. The predicted molar refractivity (Wildman–Crippen MR) is 154 cm³/mol. The first kappa shape index (κ1) is 29.8. The summed E-state index contributed by atoms with van der Waals surface area (Å²) >= 11 is 6.27. The summed E-state index contributed by atoms with van der Waals surface area (Å²) in [5, 5.41) is 3.62. The van der Waals surface area contributed by atoms with Gasteiger partial charge in [-0.05, 0) is 94.8 Å². The topological polar surface area (TPSA) is 74.3 Å². The van der Waals surface area contributed by atoms with Gasteiger partial charge in [0.2, 0.25) is 0 Å². The SMILES string of the molecule is C/C(=C\CN(OC(=O)OC(C)(C)C)C(=O)OC(C)(C)C)c1cccc(OCc2ccc3c(Cl)cccc3c2)c1. The molecule has 0 aliphatic rings. The molecule has 0 saturated carbocycles. The molecule has 0 bridgehead atoms. The molecule has 8 heteroatoms. The smallest absolute Gasteiger partial charge is 0.489 e. The quantitative estimate of drug-likeness (QED) is 0.225. The summed E-state index contributed by atoms with van der Waals surface area (Å²) in [5.74, 6) is 0.695. The monoisotopic (exact) mass is 553 g/mol. The summed E-state index contributed by atoms with van der Waals surface area (Å²) in [4.78, 5) is 30.1. The van der Waals surface area contributed by atoms with Gasteiger partial charge in [0.05, 0.1) is 6.54 Å². The average Bonchev–Trinajstić information content (AvgIpc) is 2.83. The van der Waals surface area contributed by atoms with Gasteiger partial charge >= 0.3 is 12.2 Å². The van der Waals surface area contributed by atoms with Gasteiger partial charge in [0, 0.05) is 10.4 Å². The van der Waals surface area contributed by atoms with Gasteiger partial charge in [-0.15, -0.1) is 5.06 Å². The van der Waals surface area contributed by atoms with Gasteiger partial charge in [-0.1, -0.05) is 54.1 Å². The Morgan fingerprint density at radius 2 is 1.59 bits per heavy atom. The van der Waals surface area contributed by atoms with E-state index in [1.165, 1.54) is 0 Å². The van der Waals surface area contributed by atoms with Crippen molar-refractivity contribution in [2.45, 2.75) is 66.3 Å². The van der Waals surface area contributed by atoms with E-state index in [2.05, 4.69) is 6.07 Å². The van der Waals surface area contributed by atoms with Crippen molar-refractivity contribution in [3.05, 3.63) is 82.9 Å². The Balaban J connectivity index is 1.70. The fraction of sp³-hybridized carbons (Fsp3) is 0.355. The summed E-state index contributed by atoms with van der Waals surface area (Å²) in [6.45, 7) is 12.6. The lowest BCUT2D eigenvalue weighted by Crippen LogP contribution is -2.39. The highest BCUT2D eigenvalue weighted by Gasteiger charge is 2.27. The molecule has 39 heavy (non-hydrogen) atoms. The van der Waals surface area contributed by atoms with Crippen molar-refractivity contribution in [1.82, 2.24) is 5.06 Å². The van der Waals surface area contributed by atoms with E-state index in [9.17, 15) is 9.59 Å². The summed E-state index contributed by atoms with van der Waals surface area (Å²) in [5.41, 5.74) is 1.22. The molecule has 3 rings (SSSR count). The Morgan fingerprint density at radius 3 is 2.28 bits per heavy atom. The van der Waals surface area contributed by atoms with E-state index >= 15 is 0 Å². The molecular weight excluding hydrogens is 518 g/mol. The molecule has 0 aromatic heterocycles. The van der Waals surface area contributed by atoms with Crippen LogP contribution in [0.2, 0.25) is 5.02 Å². The van der Waals surface area contributed by atoms with Crippen molar-refractivity contribution in [2.75, 3.05) is 6.54 Å². The fourth-order valence-corrected chi connectivity index (χ4v) is 3.78. The Labute approximate surface area is 235 Å². The molecule has 0 radical (unpaired) electrons. The van der Waals surface area contributed by atoms with Crippen LogP contribution in [-0.2, 0) is 20.9 Å². The highest BCUT2D eigenvalue weighted by Crippen LogP contribution is 2.26. The molecule has 0 spiro atoms. The molecule has 0 saturated heterocycles. The molecule has 208 valence electrons. The molecule has 0 N–H and O–H groups in total. The molecule has 0 aliphatic heterocycles. The number of benzene rings is 3. The van der Waals surface area contributed by atoms with Crippen molar-refractivity contribution >= 4 is 40.2 Å². The summed E-state index contributed by atoms with van der Waals surface area (Å²) in [6.07, 6.45) is -0.0301. The van der Waals surface area contributed by atoms with Crippen LogP contribution in [-0.4, -0.2) is 35.1 Å². The van der Waals surface area contributed by atoms with E-state index in [1.807, 2.05) is 61.5 Å². The van der Waals surface area contributed by atoms with Gasteiger partial charge in [0.25, 0.3) is 0 Å². The number of hydrogen-bond acceptors (Lipinski definition) is 6. The number of fused-ring (bicyclic) bond motifs is 1. The second kappa shape index (κ2) is 12.4. The molecule has 3 aromatic carbocycles. The zero-order valence-corrected chi connectivity index (χ0v) is 24.3. The number of nitrogens with zero attached hydrogens (tertiary/aromatic N) is 1. The van der Waals surface area contributed by atoms with Gasteiger partial charge in [-0.2, -0.15) is 0 Å². The zero-order chi connectivity index (χ0) is 28.8. The normalized spacial score (nSPS) is 12.2. The van der Waals surface area contributed by atoms with Crippen molar-refractivity contribution < 1.29 is 28.6 Å². The van der Waals surface area contributed by atoms with Crippen LogP contribution in [0.3, 0.4) is 0 Å². The van der Waals surface area contributed by atoms with Crippen LogP contribution in [0.5, 0.6) is 5.75 Å². The summed E-state index contributed by atoms with van der Waals surface area (Å²) < 4.78 is 16.6. The Morgan fingerprint density at radius 1 is 0.897 bits per heavy atom. The molecule has 1 amide bonds. The van der Waals surface area contributed by atoms with Gasteiger partial charge < -0.3 is 14.2 Å². The number of amides is 1. The minimum atomic E-state index is -0.995. The Hall–Kier alpha value is -3.71. The number of allylic oxidation sites excluding steroid dienone is 1. The largest absolute Gasteiger partial charge is 0.534 e. The number of carbonyl (C=O) groups is 2. The molecule has 0 atom stereocenters. The lowest BCUT2D eigenvalue weighted by atomic mass is 10.1. The van der Waals surface area contributed by atoms with Crippen molar-refractivity contribution in [2.24, 2.45) is 0 Å². The highest BCUT2D eigenvalue weighted by atomic mass is 35.5. The second-order valence-electron chi connectivity index (χ2n) is 11.1. The lowest BCUT2D eigenvalue weighted by molar-refractivity contribution is -0.130. The molecule has 0 fully saturated rings. The minimum Gasteiger partial charge on any atom is -0.489 e. The van der Waals surface area contributed by atoms with Gasteiger partial charge in [-0.25, -0.2) is 9.59 Å². The molecule has 0 aliphatic carbocycles. The number of hydrogen-bond donors (Lipinski definition) is 0. The maximum Gasteiger partial charge on any atom is 0.534 e. The number of ether oxygens (including phenoxy) is 3. The van der Waals surface area contributed by atoms with Crippen molar-refractivity contribution in [1.29, 1.82) is 0 Å². The average molecular weight is 554 g/mol. The Kier molecular flexibility index (Phi) is 9.51. The van der Waals surface area contributed by atoms with Crippen LogP contribution in [0, 0.1) is 0 Å². The molecule has 3 aromatic rings. The number of rotatable bonds is 6. The third-order valence-corrected chi connectivity index (χ3v) is 5.65. The number of hydroxylamine groups is 2. The van der Waals surface area contributed by atoms with Crippen LogP contribution in [0.15, 0.2) is 66.7 Å². The maximum absolute atomic E-state index is 12.7. The van der Waals surface area contributed by atoms with E-state index in [4.69, 9.17) is 30.6 Å². The van der Waals surface area contributed by atoms with Gasteiger partial charge in [0.1, 0.15) is 23.6 Å². The predicted octanol–water partition coefficient (Wildman–Crippen LogP) is 8.58. The summed E-state index contributed by atoms with van der Waals surface area (Å²) in [7, 11) is 0. The van der Waals surface area contributed by atoms with Crippen LogP contribution < -0.4 is 4.74 Å². The maximum atomic E-state index is 12.7. The Bertz CT molecular complexity index is 1350. The fourth-order valence-electron chi connectivity index (χ4n) is 3.54. The minimum absolute atomic E-state index is 0.0370. The first-order valence-corrected chi connectivity index (χ1v) is 13.1. The summed E-state index contributed by atoms with van der Waals surface area (Å²) in [6, 6.07) is 19.5. The third kappa shape index (κ3) is 9.52.